The van der Waals surface area contributed by atoms with Crippen molar-refractivity contribution in [2.45, 2.75) is 18.8 Å². The van der Waals surface area contributed by atoms with Crippen LogP contribution in [0, 0.1) is 23.3 Å². The normalized spacial score (nSPS) is 16.1. The van der Waals surface area contributed by atoms with Crippen molar-refractivity contribution in [3.8, 4) is 15.6 Å². The van der Waals surface area contributed by atoms with E-state index in [1.807, 2.05) is 0 Å². The zero-order valence-electron chi connectivity index (χ0n) is 30.0. The van der Waals surface area contributed by atoms with Gasteiger partial charge in [0.1, 0.15) is 57.1 Å². The number of rotatable bonds is 8. The first kappa shape index (κ1) is 38.3. The molecule has 6 aromatic rings. The summed E-state index contributed by atoms with van der Waals surface area (Å²) in [6.45, 7) is -0.719. The Balaban J connectivity index is 1.22. The van der Waals surface area contributed by atoms with Crippen LogP contribution in [0.25, 0.3) is 33.1 Å². The lowest BCUT2D eigenvalue weighted by Crippen LogP contribution is -2.52. The summed E-state index contributed by atoms with van der Waals surface area (Å²) < 4.78 is 75.8. The molecule has 0 atom stereocenters. The number of Topliss-reactive ketones (excluding diaryl/α,β-unsaturated/α-hetero) is 4. The van der Waals surface area contributed by atoms with Crippen molar-refractivity contribution >= 4 is 81.0 Å². The van der Waals surface area contributed by atoms with E-state index in [1.54, 1.807) is 60.7 Å². The number of hydrogen-bond acceptors (Lipinski definition) is 13. The standard InChI is InChI=1S/C43H20F4N2O9S2/c44-21-11-23-25(33(50)35(52)31(23)27(46)13-21)15-29-48-39-37(59-29)38-40(49-30(60-38)16-26-24-12-22(45)14-28(47)32(24)36(53)34(26)51)58-43(39,41(54)56-17-19-7-3-1-4-8-19)42(55)57-18-20-9-5-2-6-10-20/h1-16H,17-18H2/b25-15-,26-16-. The van der Waals surface area contributed by atoms with Crippen molar-refractivity contribution in [3.63, 3.8) is 0 Å². The van der Waals surface area contributed by atoms with Crippen LogP contribution in [0.5, 0.6) is 5.88 Å². The molecule has 1 aliphatic heterocycles. The van der Waals surface area contributed by atoms with Gasteiger partial charge in [0.05, 0.1) is 16.0 Å². The Bertz CT molecular complexity index is 2920. The van der Waals surface area contributed by atoms with Gasteiger partial charge in [-0.2, -0.15) is 0 Å². The molecule has 296 valence electrons. The fourth-order valence-electron chi connectivity index (χ4n) is 6.87. The molecule has 4 aromatic carbocycles. The fourth-order valence-corrected chi connectivity index (χ4v) is 8.99. The molecule has 9 rings (SSSR count). The first-order chi connectivity index (χ1) is 28.8. The number of fused-ring (bicyclic) bond motifs is 5. The molecule has 0 spiro atoms. The highest BCUT2D eigenvalue weighted by Crippen LogP contribution is 2.52. The second kappa shape index (κ2) is 14.5. The number of ether oxygens (including phenoxy) is 3. The van der Waals surface area contributed by atoms with Gasteiger partial charge in [0.15, 0.2) is 0 Å². The smallest absolute Gasteiger partial charge is 0.369 e. The number of aromatic nitrogens is 2. The average Bonchev–Trinajstić information content (AvgIpc) is 3.96. The fraction of sp³-hybridized carbons (Fsp3) is 0.0698. The third-order valence-electron chi connectivity index (χ3n) is 9.63. The van der Waals surface area contributed by atoms with Crippen LogP contribution in [0.1, 0.15) is 58.7 Å². The Kier molecular flexibility index (Phi) is 9.28. The number of carbonyl (C=O) groups excluding carboxylic acids is 6. The number of thiazole rings is 2. The van der Waals surface area contributed by atoms with E-state index in [9.17, 15) is 46.3 Å². The third kappa shape index (κ3) is 6.25. The number of halogens is 4. The summed E-state index contributed by atoms with van der Waals surface area (Å²) >= 11 is 1.57. The molecule has 0 unspecified atom stereocenters. The molecule has 0 bridgehead atoms. The largest absolute Gasteiger partial charge is 0.457 e. The summed E-state index contributed by atoms with van der Waals surface area (Å²) in [5, 5.41) is -0.235. The van der Waals surface area contributed by atoms with E-state index >= 15 is 0 Å². The molecule has 3 heterocycles. The minimum Gasteiger partial charge on any atom is -0.457 e. The zero-order chi connectivity index (χ0) is 42.0. The van der Waals surface area contributed by atoms with E-state index in [0.29, 0.717) is 23.3 Å². The summed E-state index contributed by atoms with van der Waals surface area (Å²) in [5.41, 5.74) is -5.01. The molecule has 0 N–H and O–H groups in total. The van der Waals surface area contributed by atoms with Gasteiger partial charge in [-0.15, -0.1) is 22.7 Å². The molecule has 17 heteroatoms. The van der Waals surface area contributed by atoms with Crippen LogP contribution in [0.3, 0.4) is 0 Å². The van der Waals surface area contributed by atoms with Crippen molar-refractivity contribution < 1.29 is 60.5 Å². The molecule has 0 radical (unpaired) electrons. The van der Waals surface area contributed by atoms with Crippen LogP contribution >= 0.6 is 22.7 Å². The van der Waals surface area contributed by atoms with E-state index in [0.717, 1.165) is 47.0 Å². The first-order valence-corrected chi connectivity index (χ1v) is 19.2. The molecular weight excluding hydrogens is 829 g/mol. The average molecular weight is 849 g/mol. The van der Waals surface area contributed by atoms with Crippen LogP contribution in [0.15, 0.2) is 84.9 Å². The predicted molar refractivity (Wildman–Crippen MR) is 205 cm³/mol. The number of carbonyl (C=O) groups is 6. The van der Waals surface area contributed by atoms with E-state index < -0.39 is 91.9 Å². The molecule has 0 amide bonds. The number of esters is 2. The van der Waals surface area contributed by atoms with Gasteiger partial charge in [0.2, 0.25) is 29.0 Å². The Morgan fingerprint density at radius 3 is 1.55 bits per heavy atom. The molecule has 60 heavy (non-hydrogen) atoms. The molecular formula is C43H20F4N2O9S2. The summed E-state index contributed by atoms with van der Waals surface area (Å²) in [7, 11) is 0. The second-order valence-electron chi connectivity index (χ2n) is 13.4. The summed E-state index contributed by atoms with van der Waals surface area (Å²) in [6, 6.07) is 19.4. The molecule has 0 saturated heterocycles. The molecule has 3 aliphatic rings. The Morgan fingerprint density at radius 2 is 1.07 bits per heavy atom. The van der Waals surface area contributed by atoms with Crippen molar-refractivity contribution in [3.05, 3.63) is 157 Å². The topological polar surface area (TPSA) is 156 Å². The van der Waals surface area contributed by atoms with Gasteiger partial charge in [0.25, 0.3) is 0 Å². The Labute approximate surface area is 342 Å². The highest BCUT2D eigenvalue weighted by atomic mass is 32.1. The molecule has 0 fully saturated rings. The van der Waals surface area contributed by atoms with Gasteiger partial charge in [-0.25, -0.2) is 37.1 Å². The van der Waals surface area contributed by atoms with Gasteiger partial charge in [0, 0.05) is 34.4 Å². The monoisotopic (exact) mass is 848 g/mol. The maximum Gasteiger partial charge on any atom is 0.369 e. The van der Waals surface area contributed by atoms with Gasteiger partial charge >= 0.3 is 17.5 Å². The van der Waals surface area contributed by atoms with Crippen molar-refractivity contribution in [2.75, 3.05) is 0 Å². The lowest BCUT2D eigenvalue weighted by atomic mass is 9.95. The Morgan fingerprint density at radius 1 is 0.617 bits per heavy atom. The second-order valence-corrected chi connectivity index (χ2v) is 15.4. The summed E-state index contributed by atoms with van der Waals surface area (Å²) in [4.78, 5) is 89.9. The maximum absolute atomic E-state index is 14.8. The van der Waals surface area contributed by atoms with E-state index in [2.05, 4.69) is 9.97 Å². The molecule has 2 aliphatic carbocycles. The Hall–Kier alpha value is -7.24. The van der Waals surface area contributed by atoms with Crippen LogP contribution in [-0.2, 0) is 47.5 Å². The first-order valence-electron chi connectivity index (χ1n) is 17.6. The third-order valence-corrected chi connectivity index (χ3v) is 11.8. The number of hydrogen-bond donors (Lipinski definition) is 0. The van der Waals surface area contributed by atoms with Gasteiger partial charge in [-0.05, 0) is 35.4 Å². The maximum atomic E-state index is 14.8. The number of benzene rings is 4. The van der Waals surface area contributed by atoms with Gasteiger partial charge in [-0.1, -0.05) is 60.7 Å². The van der Waals surface area contributed by atoms with Crippen LogP contribution < -0.4 is 4.74 Å². The SMILES string of the molecule is O=C1C(=O)c2c(F)cc(F)cc2/C1=C/c1nc2c(s1)-c1sc(/C=C3\C(=O)C(=O)c4c(F)cc(F)cc43)nc1C(C(=O)OCc1ccccc1)(C(=O)OCc1ccccc1)O2. The molecule has 11 nitrogen and oxygen atoms in total. The number of nitrogens with zero attached hydrogens (tertiary/aromatic N) is 2. The lowest BCUT2D eigenvalue weighted by Gasteiger charge is -2.31. The van der Waals surface area contributed by atoms with Crippen molar-refractivity contribution in [1.82, 2.24) is 9.97 Å². The highest BCUT2D eigenvalue weighted by molar-refractivity contribution is 7.23. The van der Waals surface area contributed by atoms with E-state index in [-0.39, 0.29) is 50.0 Å². The number of allylic oxidation sites excluding steroid dienone is 2. The minimum atomic E-state index is -2.87. The summed E-state index contributed by atoms with van der Waals surface area (Å²) in [5.74, 6) is -12.4. The number of ketones is 4. The van der Waals surface area contributed by atoms with E-state index in [1.165, 1.54) is 0 Å². The zero-order valence-corrected chi connectivity index (χ0v) is 31.7. The van der Waals surface area contributed by atoms with Crippen molar-refractivity contribution in [2.24, 2.45) is 0 Å². The molecule has 2 aromatic heterocycles. The van der Waals surface area contributed by atoms with Crippen molar-refractivity contribution in [1.29, 1.82) is 0 Å². The van der Waals surface area contributed by atoms with Gasteiger partial charge in [-0.3, -0.25) is 19.2 Å². The summed E-state index contributed by atoms with van der Waals surface area (Å²) in [6.07, 6.45) is 2.16. The van der Waals surface area contributed by atoms with Crippen LogP contribution in [-0.4, -0.2) is 45.0 Å². The predicted octanol–water partition coefficient (Wildman–Crippen LogP) is 7.51. The van der Waals surface area contributed by atoms with E-state index in [4.69, 9.17) is 14.2 Å². The molecule has 0 saturated carbocycles. The minimum absolute atomic E-state index is 0.0207. The van der Waals surface area contributed by atoms with Crippen LogP contribution in [0.2, 0.25) is 0 Å². The highest BCUT2D eigenvalue weighted by Gasteiger charge is 2.61. The van der Waals surface area contributed by atoms with Crippen LogP contribution in [0.4, 0.5) is 17.6 Å². The quantitative estimate of drug-likeness (QED) is 0.0491. The lowest BCUT2D eigenvalue weighted by molar-refractivity contribution is -0.184. The van der Waals surface area contributed by atoms with Gasteiger partial charge < -0.3 is 14.2 Å².